The van der Waals surface area contributed by atoms with Gasteiger partial charge < -0.3 is 16.0 Å². The maximum absolute atomic E-state index is 12.4. The summed E-state index contributed by atoms with van der Waals surface area (Å²) < 4.78 is 0. The summed E-state index contributed by atoms with van der Waals surface area (Å²) in [7, 11) is 0. The maximum atomic E-state index is 12.4. The second kappa shape index (κ2) is 9.76. The fourth-order valence-corrected chi connectivity index (χ4v) is 2.60. The molecule has 3 N–H and O–H groups in total. The normalized spacial score (nSPS) is 11.7. The quantitative estimate of drug-likeness (QED) is 0.666. The molecule has 144 valence electrons. The topological polar surface area (TPSA) is 70.2 Å². The number of carbonyl (C=O) groups is 2. The molecule has 0 saturated carbocycles. The molecule has 2 aromatic rings. The Balaban J connectivity index is 1.90. The van der Waals surface area contributed by atoms with Crippen molar-refractivity contribution in [2.24, 2.45) is 0 Å². The first-order valence-electron chi connectivity index (χ1n) is 9.43. The van der Waals surface area contributed by atoms with Gasteiger partial charge in [0.1, 0.15) is 0 Å². The SMILES string of the molecule is CC[C@H](C)c1ccc(NC(=O)c2ccc(CNC(=O)NC(C)C)cc2)cc1. The summed E-state index contributed by atoms with van der Waals surface area (Å²) in [5.74, 6) is 0.363. The van der Waals surface area contributed by atoms with Crippen LogP contribution in [0.3, 0.4) is 0 Å². The highest BCUT2D eigenvalue weighted by Gasteiger charge is 2.08. The molecule has 0 aromatic heterocycles. The summed E-state index contributed by atoms with van der Waals surface area (Å²) in [5, 5.41) is 8.47. The number of hydrogen-bond acceptors (Lipinski definition) is 2. The molecule has 5 nitrogen and oxygen atoms in total. The van der Waals surface area contributed by atoms with Crippen molar-refractivity contribution < 1.29 is 9.59 Å². The molecule has 0 saturated heterocycles. The predicted molar refractivity (Wildman–Crippen MR) is 110 cm³/mol. The highest BCUT2D eigenvalue weighted by molar-refractivity contribution is 6.04. The van der Waals surface area contributed by atoms with Crippen LogP contribution in [-0.4, -0.2) is 18.0 Å². The van der Waals surface area contributed by atoms with Gasteiger partial charge in [0.05, 0.1) is 0 Å². The van der Waals surface area contributed by atoms with Crippen LogP contribution in [0.5, 0.6) is 0 Å². The van der Waals surface area contributed by atoms with E-state index in [0.717, 1.165) is 17.7 Å². The summed E-state index contributed by atoms with van der Waals surface area (Å²) in [6.45, 7) is 8.58. The summed E-state index contributed by atoms with van der Waals surface area (Å²) in [6.07, 6.45) is 1.09. The van der Waals surface area contributed by atoms with Crippen molar-refractivity contribution >= 4 is 17.6 Å². The Morgan fingerprint density at radius 1 is 0.926 bits per heavy atom. The third-order valence-corrected chi connectivity index (χ3v) is 4.44. The highest BCUT2D eigenvalue weighted by Crippen LogP contribution is 2.20. The molecule has 0 spiro atoms. The van der Waals surface area contributed by atoms with Crippen molar-refractivity contribution in [3.05, 3.63) is 65.2 Å². The Labute approximate surface area is 161 Å². The molecule has 3 amide bonds. The molecule has 2 rings (SSSR count). The summed E-state index contributed by atoms with van der Waals surface area (Å²) in [5.41, 5.74) is 3.57. The fourth-order valence-electron chi connectivity index (χ4n) is 2.60. The van der Waals surface area contributed by atoms with Crippen LogP contribution in [-0.2, 0) is 6.54 Å². The average Bonchev–Trinajstić information content (AvgIpc) is 2.66. The monoisotopic (exact) mass is 367 g/mol. The molecule has 2 aromatic carbocycles. The molecule has 0 aliphatic carbocycles. The standard InChI is InChI=1S/C22H29N3O2/c1-5-16(4)18-10-12-20(13-11-18)25-21(26)19-8-6-17(7-9-19)14-23-22(27)24-15(2)3/h6-13,15-16H,5,14H2,1-4H3,(H,25,26)(H2,23,24,27)/t16-/m0/s1. The van der Waals surface area contributed by atoms with E-state index in [0.29, 0.717) is 18.0 Å². The minimum Gasteiger partial charge on any atom is -0.336 e. The second-order valence-electron chi connectivity index (χ2n) is 7.06. The van der Waals surface area contributed by atoms with Gasteiger partial charge in [0.2, 0.25) is 0 Å². The lowest BCUT2D eigenvalue weighted by Gasteiger charge is -2.11. The number of hydrogen-bond donors (Lipinski definition) is 3. The Bertz CT molecular complexity index is 752. The van der Waals surface area contributed by atoms with E-state index in [9.17, 15) is 9.59 Å². The van der Waals surface area contributed by atoms with E-state index in [1.807, 2.05) is 38.1 Å². The molecule has 0 bridgehead atoms. The number of carbonyl (C=O) groups excluding carboxylic acids is 2. The van der Waals surface area contributed by atoms with E-state index in [4.69, 9.17) is 0 Å². The number of benzene rings is 2. The predicted octanol–water partition coefficient (Wildman–Crippen LogP) is 4.66. The van der Waals surface area contributed by atoms with Crippen molar-refractivity contribution in [2.45, 2.75) is 52.6 Å². The van der Waals surface area contributed by atoms with Crippen molar-refractivity contribution in [3.63, 3.8) is 0 Å². The molecule has 0 unspecified atom stereocenters. The second-order valence-corrected chi connectivity index (χ2v) is 7.06. The van der Waals surface area contributed by atoms with Crippen LogP contribution in [0, 0.1) is 0 Å². The highest BCUT2D eigenvalue weighted by atomic mass is 16.2. The smallest absolute Gasteiger partial charge is 0.315 e. The molecule has 0 aliphatic heterocycles. The van der Waals surface area contributed by atoms with Crippen molar-refractivity contribution in [1.29, 1.82) is 0 Å². The van der Waals surface area contributed by atoms with Crippen molar-refractivity contribution in [2.75, 3.05) is 5.32 Å². The first kappa shape index (κ1) is 20.5. The van der Waals surface area contributed by atoms with E-state index in [1.165, 1.54) is 5.56 Å². The molecule has 27 heavy (non-hydrogen) atoms. The fraction of sp³-hybridized carbons (Fsp3) is 0.364. The lowest BCUT2D eigenvalue weighted by atomic mass is 9.98. The van der Waals surface area contributed by atoms with E-state index < -0.39 is 0 Å². The van der Waals surface area contributed by atoms with Crippen molar-refractivity contribution in [3.8, 4) is 0 Å². The van der Waals surface area contributed by atoms with Crippen molar-refractivity contribution in [1.82, 2.24) is 10.6 Å². The Kier molecular flexibility index (Phi) is 7.41. The Morgan fingerprint density at radius 2 is 1.56 bits per heavy atom. The third kappa shape index (κ3) is 6.44. The van der Waals surface area contributed by atoms with E-state index in [1.54, 1.807) is 12.1 Å². The number of anilines is 1. The van der Waals surface area contributed by atoms with Crippen LogP contribution in [0.1, 0.15) is 61.5 Å². The first-order chi connectivity index (χ1) is 12.9. The molecule has 5 heteroatoms. The molecular formula is C22H29N3O2. The van der Waals surface area contributed by atoms with Gasteiger partial charge in [-0.3, -0.25) is 4.79 Å². The van der Waals surface area contributed by atoms with Crippen LogP contribution in [0.4, 0.5) is 10.5 Å². The molecule has 0 aliphatic rings. The molecule has 0 radical (unpaired) electrons. The molecule has 0 fully saturated rings. The number of urea groups is 1. The number of nitrogens with one attached hydrogen (secondary N) is 3. The van der Waals surface area contributed by atoms with Gasteiger partial charge in [0, 0.05) is 23.8 Å². The van der Waals surface area contributed by atoms with Gasteiger partial charge in [-0.1, -0.05) is 38.1 Å². The zero-order valence-electron chi connectivity index (χ0n) is 16.5. The van der Waals surface area contributed by atoms with Gasteiger partial charge in [0.15, 0.2) is 0 Å². The lowest BCUT2D eigenvalue weighted by Crippen LogP contribution is -2.39. The Hall–Kier alpha value is -2.82. The van der Waals surface area contributed by atoms with Crippen LogP contribution >= 0.6 is 0 Å². The molecule has 0 heterocycles. The van der Waals surface area contributed by atoms with Crippen LogP contribution in [0.15, 0.2) is 48.5 Å². The number of rotatable bonds is 7. The maximum Gasteiger partial charge on any atom is 0.315 e. The van der Waals surface area contributed by atoms with Gasteiger partial charge in [0.25, 0.3) is 5.91 Å². The third-order valence-electron chi connectivity index (χ3n) is 4.44. The van der Waals surface area contributed by atoms with Crippen LogP contribution in [0.2, 0.25) is 0 Å². The van der Waals surface area contributed by atoms with Gasteiger partial charge in [-0.2, -0.15) is 0 Å². The summed E-state index contributed by atoms with van der Waals surface area (Å²) in [4.78, 5) is 24.0. The average molecular weight is 367 g/mol. The summed E-state index contributed by atoms with van der Waals surface area (Å²) in [6, 6.07) is 15.1. The minimum absolute atomic E-state index is 0.0929. The van der Waals surface area contributed by atoms with Gasteiger partial charge in [-0.05, 0) is 61.6 Å². The zero-order chi connectivity index (χ0) is 19.8. The van der Waals surface area contributed by atoms with E-state index in [-0.39, 0.29) is 18.0 Å². The van der Waals surface area contributed by atoms with Crippen LogP contribution in [0.25, 0.3) is 0 Å². The number of amides is 3. The minimum atomic E-state index is -0.201. The van der Waals surface area contributed by atoms with Crippen LogP contribution < -0.4 is 16.0 Å². The summed E-state index contributed by atoms with van der Waals surface area (Å²) >= 11 is 0. The van der Waals surface area contributed by atoms with Gasteiger partial charge in [-0.15, -0.1) is 0 Å². The van der Waals surface area contributed by atoms with E-state index in [2.05, 4.69) is 41.9 Å². The van der Waals surface area contributed by atoms with E-state index >= 15 is 0 Å². The van der Waals surface area contributed by atoms with Gasteiger partial charge >= 0.3 is 6.03 Å². The molecule has 1 atom stereocenters. The Morgan fingerprint density at radius 3 is 2.11 bits per heavy atom. The lowest BCUT2D eigenvalue weighted by molar-refractivity contribution is 0.102. The first-order valence-corrected chi connectivity index (χ1v) is 9.43. The largest absolute Gasteiger partial charge is 0.336 e. The molecular weight excluding hydrogens is 338 g/mol. The zero-order valence-corrected chi connectivity index (χ0v) is 16.5. The van der Waals surface area contributed by atoms with Gasteiger partial charge in [-0.25, -0.2) is 4.79 Å².